The highest BCUT2D eigenvalue weighted by atomic mass is 16.4. The normalized spacial score (nSPS) is 11.6. The Morgan fingerprint density at radius 2 is 2.38 bits per heavy atom. The zero-order chi connectivity index (χ0) is 12.1. The van der Waals surface area contributed by atoms with Gasteiger partial charge in [-0.25, -0.2) is 9.78 Å². The predicted molar refractivity (Wildman–Crippen MR) is 59.3 cm³/mol. The van der Waals surface area contributed by atoms with Crippen LogP contribution in [0.25, 0.3) is 0 Å². The van der Waals surface area contributed by atoms with Crippen LogP contribution in [0.5, 0.6) is 0 Å². The number of hydrogen-bond acceptors (Lipinski definition) is 4. The Hall–Kier alpha value is -2.09. The molecule has 1 N–H and O–H groups in total. The van der Waals surface area contributed by atoms with E-state index in [-0.39, 0.29) is 11.7 Å². The van der Waals surface area contributed by atoms with Gasteiger partial charge in [-0.05, 0) is 19.1 Å². The van der Waals surface area contributed by atoms with Crippen LogP contribution in [-0.4, -0.2) is 29.1 Å². The molecule has 0 fully saturated rings. The number of carbonyl (C=O) groups is 1. The minimum absolute atomic E-state index is 0.0186. The highest BCUT2D eigenvalue weighted by Gasteiger charge is 2.11. The molecular formula is C11H13N3O2. The fourth-order valence-electron chi connectivity index (χ4n) is 1.24. The first-order valence-electron chi connectivity index (χ1n) is 4.85. The minimum Gasteiger partial charge on any atom is -0.477 e. The molecule has 1 atom stereocenters. The molecule has 84 valence electrons. The fourth-order valence-corrected chi connectivity index (χ4v) is 1.24. The van der Waals surface area contributed by atoms with Gasteiger partial charge in [0.2, 0.25) is 0 Å². The molecule has 1 heterocycles. The lowest BCUT2D eigenvalue weighted by Crippen LogP contribution is -2.28. The second-order valence-electron chi connectivity index (χ2n) is 3.53. The molecule has 0 aliphatic carbocycles. The number of carboxylic acids is 1. The second kappa shape index (κ2) is 5.12. The molecule has 1 rings (SSSR count). The van der Waals surface area contributed by atoms with E-state index < -0.39 is 5.97 Å². The molecule has 1 unspecified atom stereocenters. The number of pyridine rings is 1. The van der Waals surface area contributed by atoms with Gasteiger partial charge in [0.05, 0.1) is 24.4 Å². The minimum atomic E-state index is -1.04. The van der Waals surface area contributed by atoms with Crippen LogP contribution in [0.2, 0.25) is 0 Å². The Morgan fingerprint density at radius 1 is 1.69 bits per heavy atom. The van der Waals surface area contributed by atoms with Crippen LogP contribution in [0.4, 0.5) is 5.69 Å². The predicted octanol–water partition coefficient (Wildman–Crippen LogP) is 1.52. The smallest absolute Gasteiger partial charge is 0.354 e. The summed E-state index contributed by atoms with van der Waals surface area (Å²) >= 11 is 0. The fraction of sp³-hybridized carbons (Fsp3) is 0.364. The van der Waals surface area contributed by atoms with Crippen LogP contribution in [0.1, 0.15) is 23.8 Å². The third-order valence-corrected chi connectivity index (χ3v) is 2.42. The number of nitriles is 1. The third kappa shape index (κ3) is 2.70. The van der Waals surface area contributed by atoms with Gasteiger partial charge in [-0.15, -0.1) is 0 Å². The van der Waals surface area contributed by atoms with E-state index in [1.807, 2.05) is 18.9 Å². The first-order valence-corrected chi connectivity index (χ1v) is 4.85. The molecule has 5 heteroatoms. The molecule has 0 bridgehead atoms. The van der Waals surface area contributed by atoms with Gasteiger partial charge in [-0.3, -0.25) is 0 Å². The summed E-state index contributed by atoms with van der Waals surface area (Å²) in [6.07, 6.45) is 1.91. The molecule has 0 aliphatic rings. The maximum atomic E-state index is 10.6. The Kier molecular flexibility index (Phi) is 3.84. The zero-order valence-electron chi connectivity index (χ0n) is 9.21. The average molecular weight is 219 g/mol. The number of rotatable bonds is 4. The molecule has 0 saturated heterocycles. The van der Waals surface area contributed by atoms with Crippen LogP contribution in [-0.2, 0) is 0 Å². The van der Waals surface area contributed by atoms with Gasteiger partial charge in [0, 0.05) is 13.1 Å². The van der Waals surface area contributed by atoms with Gasteiger partial charge < -0.3 is 10.0 Å². The van der Waals surface area contributed by atoms with Crippen LogP contribution in [0.15, 0.2) is 18.3 Å². The second-order valence-corrected chi connectivity index (χ2v) is 3.53. The highest BCUT2D eigenvalue weighted by Crippen LogP contribution is 2.15. The van der Waals surface area contributed by atoms with Crippen molar-refractivity contribution in [3.8, 4) is 6.07 Å². The van der Waals surface area contributed by atoms with Crippen LogP contribution in [0, 0.1) is 11.3 Å². The summed E-state index contributed by atoms with van der Waals surface area (Å²) in [6, 6.07) is 5.30. The van der Waals surface area contributed by atoms with Crippen molar-refractivity contribution in [3.05, 3.63) is 24.0 Å². The molecule has 5 nitrogen and oxygen atoms in total. The van der Waals surface area contributed by atoms with Crippen molar-refractivity contribution in [2.75, 3.05) is 11.9 Å². The van der Waals surface area contributed by atoms with Crippen LogP contribution < -0.4 is 4.90 Å². The first-order chi connectivity index (χ1) is 7.56. The van der Waals surface area contributed by atoms with E-state index in [2.05, 4.69) is 11.1 Å². The summed E-state index contributed by atoms with van der Waals surface area (Å²) in [4.78, 5) is 16.3. The summed E-state index contributed by atoms with van der Waals surface area (Å²) < 4.78 is 0. The Labute approximate surface area is 93.9 Å². The van der Waals surface area contributed by atoms with Crippen molar-refractivity contribution in [2.24, 2.45) is 0 Å². The van der Waals surface area contributed by atoms with E-state index in [0.717, 1.165) is 5.69 Å². The van der Waals surface area contributed by atoms with Crippen molar-refractivity contribution in [2.45, 2.75) is 19.4 Å². The van der Waals surface area contributed by atoms with Crippen molar-refractivity contribution in [1.29, 1.82) is 5.26 Å². The molecule has 16 heavy (non-hydrogen) atoms. The number of hydrogen-bond donors (Lipinski definition) is 1. The van der Waals surface area contributed by atoms with E-state index in [1.54, 1.807) is 6.07 Å². The Bertz CT molecular complexity index is 408. The first kappa shape index (κ1) is 12.0. The summed E-state index contributed by atoms with van der Waals surface area (Å²) in [5.41, 5.74) is 0.817. The van der Waals surface area contributed by atoms with Gasteiger partial charge in [0.1, 0.15) is 5.69 Å². The highest BCUT2D eigenvalue weighted by molar-refractivity contribution is 5.85. The van der Waals surface area contributed by atoms with Crippen LogP contribution in [0.3, 0.4) is 0 Å². The molecule has 0 radical (unpaired) electrons. The van der Waals surface area contributed by atoms with Crippen molar-refractivity contribution in [1.82, 2.24) is 4.98 Å². The maximum absolute atomic E-state index is 10.6. The number of anilines is 1. The quantitative estimate of drug-likeness (QED) is 0.830. The Balaban J connectivity index is 2.82. The van der Waals surface area contributed by atoms with Crippen molar-refractivity contribution in [3.63, 3.8) is 0 Å². The third-order valence-electron chi connectivity index (χ3n) is 2.42. The summed E-state index contributed by atoms with van der Waals surface area (Å²) in [5, 5.41) is 17.3. The Morgan fingerprint density at radius 3 is 2.81 bits per heavy atom. The van der Waals surface area contributed by atoms with Gasteiger partial charge in [0.25, 0.3) is 0 Å². The molecule has 0 saturated carbocycles. The van der Waals surface area contributed by atoms with E-state index >= 15 is 0 Å². The molecule has 0 spiro atoms. The van der Waals surface area contributed by atoms with Crippen LogP contribution >= 0.6 is 0 Å². The van der Waals surface area contributed by atoms with Gasteiger partial charge >= 0.3 is 5.97 Å². The van der Waals surface area contributed by atoms with Crippen molar-refractivity contribution < 1.29 is 9.90 Å². The summed E-state index contributed by atoms with van der Waals surface area (Å²) in [7, 11) is 1.85. The lowest BCUT2D eigenvalue weighted by molar-refractivity contribution is 0.0690. The van der Waals surface area contributed by atoms with E-state index in [4.69, 9.17) is 10.4 Å². The van der Waals surface area contributed by atoms with E-state index in [0.29, 0.717) is 6.42 Å². The zero-order valence-corrected chi connectivity index (χ0v) is 9.21. The van der Waals surface area contributed by atoms with E-state index in [9.17, 15) is 4.79 Å². The number of carboxylic acid groups (broad SMARTS) is 1. The number of nitrogens with zero attached hydrogens (tertiary/aromatic N) is 3. The van der Waals surface area contributed by atoms with E-state index in [1.165, 1.54) is 12.3 Å². The largest absolute Gasteiger partial charge is 0.477 e. The van der Waals surface area contributed by atoms with Gasteiger partial charge in [-0.1, -0.05) is 0 Å². The molecule has 0 amide bonds. The number of aromatic carboxylic acids is 1. The van der Waals surface area contributed by atoms with Gasteiger partial charge in [0.15, 0.2) is 0 Å². The monoisotopic (exact) mass is 219 g/mol. The number of aromatic nitrogens is 1. The molecule has 0 aliphatic heterocycles. The van der Waals surface area contributed by atoms with Gasteiger partial charge in [-0.2, -0.15) is 5.26 Å². The van der Waals surface area contributed by atoms with Crippen molar-refractivity contribution >= 4 is 11.7 Å². The summed E-state index contributed by atoms with van der Waals surface area (Å²) in [6.45, 7) is 1.92. The molecule has 1 aromatic rings. The SMILES string of the molecule is CC(CC#N)N(C)c1ccc(C(=O)O)nc1. The molecule has 1 aromatic heterocycles. The molecular weight excluding hydrogens is 206 g/mol. The standard InChI is InChI=1S/C11H13N3O2/c1-8(5-6-12)14(2)9-3-4-10(11(15)16)13-7-9/h3-4,7-8H,5H2,1-2H3,(H,15,16). The lowest BCUT2D eigenvalue weighted by atomic mass is 10.2. The molecule has 0 aromatic carbocycles. The topological polar surface area (TPSA) is 77.2 Å². The lowest BCUT2D eigenvalue weighted by Gasteiger charge is -2.24. The average Bonchev–Trinajstić information content (AvgIpc) is 2.28. The maximum Gasteiger partial charge on any atom is 0.354 e. The summed E-state index contributed by atoms with van der Waals surface area (Å²) in [5.74, 6) is -1.04.